The molecule has 0 aliphatic heterocycles. The molecule has 19 heavy (non-hydrogen) atoms. The molecule has 0 aliphatic rings. The molecule has 0 saturated carbocycles. The SMILES string of the molecule is C=CCSc1ccccc1NCCCCCCCC. The maximum absolute atomic E-state index is 3.78. The van der Waals surface area contributed by atoms with E-state index < -0.39 is 0 Å². The molecule has 0 spiro atoms. The molecule has 0 radical (unpaired) electrons. The van der Waals surface area contributed by atoms with Crippen molar-refractivity contribution >= 4 is 17.4 Å². The van der Waals surface area contributed by atoms with Crippen molar-refractivity contribution in [1.82, 2.24) is 0 Å². The second kappa shape index (κ2) is 11.0. The Morgan fingerprint density at radius 2 is 1.84 bits per heavy atom. The fraction of sp³-hybridized carbons (Fsp3) is 0.529. The first-order valence-corrected chi connectivity index (χ1v) is 8.43. The molecule has 1 aromatic carbocycles. The minimum Gasteiger partial charge on any atom is -0.384 e. The van der Waals surface area contributed by atoms with Gasteiger partial charge < -0.3 is 5.32 Å². The summed E-state index contributed by atoms with van der Waals surface area (Å²) in [5.41, 5.74) is 1.27. The van der Waals surface area contributed by atoms with E-state index >= 15 is 0 Å². The largest absolute Gasteiger partial charge is 0.384 e. The van der Waals surface area contributed by atoms with Gasteiger partial charge in [0.05, 0.1) is 0 Å². The van der Waals surface area contributed by atoms with Gasteiger partial charge in [-0.2, -0.15) is 0 Å². The van der Waals surface area contributed by atoms with E-state index in [0.29, 0.717) is 0 Å². The molecular weight excluding hydrogens is 250 g/mol. The number of thioether (sulfide) groups is 1. The summed E-state index contributed by atoms with van der Waals surface area (Å²) in [7, 11) is 0. The highest BCUT2D eigenvalue weighted by Crippen LogP contribution is 2.26. The fourth-order valence-corrected chi connectivity index (χ4v) is 2.78. The number of para-hydroxylation sites is 1. The van der Waals surface area contributed by atoms with Gasteiger partial charge in [0.2, 0.25) is 0 Å². The molecule has 1 N–H and O–H groups in total. The van der Waals surface area contributed by atoms with Crippen molar-refractivity contribution in [3.8, 4) is 0 Å². The Morgan fingerprint density at radius 3 is 2.63 bits per heavy atom. The second-order valence-corrected chi connectivity index (χ2v) is 5.85. The van der Waals surface area contributed by atoms with Gasteiger partial charge >= 0.3 is 0 Å². The Bertz CT molecular complexity index is 349. The Kier molecular flexibility index (Phi) is 9.34. The third kappa shape index (κ3) is 7.31. The highest BCUT2D eigenvalue weighted by atomic mass is 32.2. The molecule has 106 valence electrons. The quantitative estimate of drug-likeness (QED) is 0.314. The molecule has 0 unspecified atom stereocenters. The first kappa shape index (κ1) is 16.2. The number of hydrogen-bond donors (Lipinski definition) is 1. The summed E-state index contributed by atoms with van der Waals surface area (Å²) in [4.78, 5) is 1.33. The van der Waals surface area contributed by atoms with Gasteiger partial charge in [-0.25, -0.2) is 0 Å². The van der Waals surface area contributed by atoms with Crippen LogP contribution < -0.4 is 5.32 Å². The minimum atomic E-state index is 0.968. The van der Waals surface area contributed by atoms with E-state index in [1.807, 2.05) is 17.8 Å². The van der Waals surface area contributed by atoms with Crippen molar-refractivity contribution in [2.24, 2.45) is 0 Å². The lowest BCUT2D eigenvalue weighted by Crippen LogP contribution is -2.02. The van der Waals surface area contributed by atoms with Crippen LogP contribution in [-0.2, 0) is 0 Å². The van der Waals surface area contributed by atoms with Crippen LogP contribution in [0.1, 0.15) is 45.4 Å². The average Bonchev–Trinajstić information content (AvgIpc) is 2.45. The highest BCUT2D eigenvalue weighted by Gasteiger charge is 2.00. The van der Waals surface area contributed by atoms with E-state index in [1.165, 1.54) is 49.1 Å². The van der Waals surface area contributed by atoms with Crippen LogP contribution in [0.5, 0.6) is 0 Å². The van der Waals surface area contributed by atoms with Gasteiger partial charge in [-0.1, -0.05) is 57.2 Å². The van der Waals surface area contributed by atoms with Gasteiger partial charge in [0.25, 0.3) is 0 Å². The summed E-state index contributed by atoms with van der Waals surface area (Å²) in [6.07, 6.45) is 10.0. The van der Waals surface area contributed by atoms with E-state index in [9.17, 15) is 0 Å². The second-order valence-electron chi connectivity index (χ2n) is 4.79. The van der Waals surface area contributed by atoms with Crippen molar-refractivity contribution in [2.75, 3.05) is 17.6 Å². The summed E-state index contributed by atoms with van der Waals surface area (Å²) >= 11 is 1.84. The van der Waals surface area contributed by atoms with Gasteiger partial charge in [-0.3, -0.25) is 0 Å². The van der Waals surface area contributed by atoms with E-state index in [4.69, 9.17) is 0 Å². The van der Waals surface area contributed by atoms with Crippen LogP contribution in [0.15, 0.2) is 41.8 Å². The summed E-state index contributed by atoms with van der Waals surface area (Å²) in [5.74, 6) is 0.968. The summed E-state index contributed by atoms with van der Waals surface area (Å²) in [6.45, 7) is 7.12. The fourth-order valence-electron chi connectivity index (χ4n) is 2.02. The lowest BCUT2D eigenvalue weighted by Gasteiger charge is -2.11. The molecule has 0 saturated heterocycles. The molecule has 1 rings (SSSR count). The molecule has 0 aromatic heterocycles. The molecular formula is C17H27NS. The van der Waals surface area contributed by atoms with Gasteiger partial charge in [0, 0.05) is 22.9 Å². The van der Waals surface area contributed by atoms with Crippen molar-refractivity contribution in [2.45, 2.75) is 50.3 Å². The molecule has 0 amide bonds. The Balaban J connectivity index is 2.22. The summed E-state index contributed by atoms with van der Waals surface area (Å²) in [5, 5.41) is 3.56. The molecule has 0 atom stereocenters. The zero-order valence-electron chi connectivity index (χ0n) is 12.2. The van der Waals surface area contributed by atoms with Gasteiger partial charge in [0.1, 0.15) is 0 Å². The van der Waals surface area contributed by atoms with Crippen LogP contribution in [0.4, 0.5) is 5.69 Å². The van der Waals surface area contributed by atoms with Gasteiger partial charge in [-0.15, -0.1) is 18.3 Å². The van der Waals surface area contributed by atoms with Gasteiger partial charge in [-0.05, 0) is 18.6 Å². The molecule has 1 aromatic rings. The number of unbranched alkanes of at least 4 members (excludes halogenated alkanes) is 5. The lowest BCUT2D eigenvalue weighted by atomic mass is 10.1. The van der Waals surface area contributed by atoms with Crippen LogP contribution >= 0.6 is 11.8 Å². The summed E-state index contributed by atoms with van der Waals surface area (Å²) in [6, 6.07) is 8.54. The van der Waals surface area contributed by atoms with Crippen molar-refractivity contribution < 1.29 is 0 Å². The molecule has 2 heteroatoms. The Hall–Kier alpha value is -0.890. The van der Waals surface area contributed by atoms with Crippen molar-refractivity contribution in [1.29, 1.82) is 0 Å². The number of rotatable bonds is 11. The number of nitrogens with one attached hydrogen (secondary N) is 1. The van der Waals surface area contributed by atoms with Crippen LogP contribution in [0.25, 0.3) is 0 Å². The highest BCUT2D eigenvalue weighted by molar-refractivity contribution is 7.99. The number of anilines is 1. The molecule has 0 heterocycles. The molecule has 0 bridgehead atoms. The molecule has 0 aliphatic carbocycles. The zero-order chi connectivity index (χ0) is 13.8. The first-order valence-electron chi connectivity index (χ1n) is 7.45. The monoisotopic (exact) mass is 277 g/mol. The number of benzene rings is 1. The van der Waals surface area contributed by atoms with Crippen molar-refractivity contribution in [3.05, 3.63) is 36.9 Å². The van der Waals surface area contributed by atoms with E-state index in [2.05, 4.69) is 43.1 Å². The smallest absolute Gasteiger partial charge is 0.0478 e. The van der Waals surface area contributed by atoms with E-state index in [1.54, 1.807) is 0 Å². The molecule has 1 nitrogen and oxygen atoms in total. The number of hydrogen-bond acceptors (Lipinski definition) is 2. The van der Waals surface area contributed by atoms with Crippen molar-refractivity contribution in [3.63, 3.8) is 0 Å². The maximum atomic E-state index is 3.78. The Labute approximate surface area is 122 Å². The summed E-state index contributed by atoms with van der Waals surface area (Å²) < 4.78 is 0. The first-order chi connectivity index (χ1) is 9.38. The Morgan fingerprint density at radius 1 is 1.11 bits per heavy atom. The predicted octanol–water partition coefficient (Wildman–Crippen LogP) is 5.74. The van der Waals surface area contributed by atoms with E-state index in [0.717, 1.165) is 12.3 Å². The topological polar surface area (TPSA) is 12.0 Å². The lowest BCUT2D eigenvalue weighted by molar-refractivity contribution is 0.617. The van der Waals surface area contributed by atoms with E-state index in [-0.39, 0.29) is 0 Å². The van der Waals surface area contributed by atoms with Crippen LogP contribution in [0.2, 0.25) is 0 Å². The van der Waals surface area contributed by atoms with Crippen LogP contribution in [0.3, 0.4) is 0 Å². The molecule has 0 fully saturated rings. The van der Waals surface area contributed by atoms with Crippen LogP contribution in [-0.4, -0.2) is 12.3 Å². The van der Waals surface area contributed by atoms with Gasteiger partial charge in [0.15, 0.2) is 0 Å². The third-order valence-corrected chi connectivity index (χ3v) is 4.16. The maximum Gasteiger partial charge on any atom is 0.0478 e. The average molecular weight is 277 g/mol. The predicted molar refractivity (Wildman–Crippen MR) is 89.2 cm³/mol. The normalized spacial score (nSPS) is 10.4. The van der Waals surface area contributed by atoms with Crippen LogP contribution in [0, 0.1) is 0 Å². The zero-order valence-corrected chi connectivity index (χ0v) is 13.0. The third-order valence-electron chi connectivity index (χ3n) is 3.09. The minimum absolute atomic E-state index is 0.968. The standard InChI is InChI=1S/C17H27NS/c1-3-5-6-7-8-11-14-18-16-12-9-10-13-17(16)19-15-4-2/h4,9-10,12-13,18H,2-3,5-8,11,14-15H2,1H3.